The van der Waals surface area contributed by atoms with Crippen LogP contribution in [0.25, 0.3) is 17.0 Å². The summed E-state index contributed by atoms with van der Waals surface area (Å²) in [5.41, 5.74) is 3.54. The quantitative estimate of drug-likeness (QED) is 0.418. The Bertz CT molecular complexity index is 1550. The number of carbonyl (C=O) groups is 3. The van der Waals surface area contributed by atoms with Gasteiger partial charge in [-0.05, 0) is 24.6 Å². The molecule has 1 aromatic carbocycles. The number of carboxylic acid groups (broad SMARTS) is 1. The summed E-state index contributed by atoms with van der Waals surface area (Å²) in [4.78, 5) is 47.5. The Kier molecular flexibility index (Phi) is 5.25. The number of hydrogen-bond donors (Lipinski definition) is 2. The molecule has 0 unspecified atom stereocenters. The molecule has 5 heterocycles. The topological polar surface area (TPSA) is 155 Å². The molecular weight excluding hydrogens is 482 g/mol. The van der Waals surface area contributed by atoms with Gasteiger partial charge in [0.15, 0.2) is 0 Å². The number of ether oxygens (including phenoxy) is 1. The molecular formula is C24H21N7O6. The minimum Gasteiger partial charge on any atom is -0.465 e. The average molecular weight is 503 g/mol. The van der Waals surface area contributed by atoms with E-state index in [4.69, 9.17) is 14.4 Å². The first-order valence-corrected chi connectivity index (χ1v) is 11.5. The van der Waals surface area contributed by atoms with Gasteiger partial charge in [0.05, 0.1) is 24.3 Å². The molecule has 2 N–H and O–H groups in total. The van der Waals surface area contributed by atoms with E-state index >= 15 is 0 Å². The lowest BCUT2D eigenvalue weighted by Gasteiger charge is -2.34. The van der Waals surface area contributed by atoms with Crippen molar-refractivity contribution in [2.45, 2.75) is 12.8 Å². The number of aromatic nitrogens is 4. The van der Waals surface area contributed by atoms with Crippen molar-refractivity contribution in [2.24, 2.45) is 0 Å². The number of fused-ring (bicyclic) bond motifs is 1. The molecule has 2 aliphatic rings. The summed E-state index contributed by atoms with van der Waals surface area (Å²) in [6, 6.07) is 8.87. The normalized spacial score (nSPS) is 15.6. The molecule has 6 rings (SSSR count). The molecule has 2 fully saturated rings. The molecule has 3 amide bonds. The van der Waals surface area contributed by atoms with Gasteiger partial charge in [-0.1, -0.05) is 17.3 Å². The smallest absolute Gasteiger partial charge is 0.414 e. The van der Waals surface area contributed by atoms with Gasteiger partial charge < -0.3 is 24.6 Å². The molecule has 0 aliphatic carbocycles. The summed E-state index contributed by atoms with van der Waals surface area (Å²) >= 11 is 0. The van der Waals surface area contributed by atoms with Crippen LogP contribution in [-0.2, 0) is 4.74 Å². The predicted molar refractivity (Wildman–Crippen MR) is 129 cm³/mol. The third kappa shape index (κ3) is 3.99. The fourth-order valence-corrected chi connectivity index (χ4v) is 4.33. The van der Waals surface area contributed by atoms with Crippen molar-refractivity contribution in [3.63, 3.8) is 0 Å². The third-order valence-corrected chi connectivity index (χ3v) is 6.49. The van der Waals surface area contributed by atoms with Gasteiger partial charge in [0.25, 0.3) is 5.91 Å². The number of imidazole rings is 1. The molecule has 188 valence electrons. The number of likely N-dealkylation sites (tertiary alicyclic amines) is 1. The van der Waals surface area contributed by atoms with Crippen molar-refractivity contribution in [3.05, 3.63) is 59.9 Å². The number of nitrogens with one attached hydrogen (secondary N) is 1. The van der Waals surface area contributed by atoms with Crippen LogP contribution in [0.2, 0.25) is 0 Å². The van der Waals surface area contributed by atoms with Crippen molar-refractivity contribution < 1.29 is 28.8 Å². The lowest BCUT2D eigenvalue weighted by Crippen LogP contribution is -2.47. The highest BCUT2D eigenvalue weighted by Gasteiger charge is 2.35. The van der Waals surface area contributed by atoms with E-state index in [0.717, 1.165) is 5.56 Å². The molecule has 0 spiro atoms. The molecule has 0 saturated carbocycles. The second-order valence-electron chi connectivity index (χ2n) is 8.85. The van der Waals surface area contributed by atoms with Crippen LogP contribution in [0.15, 0.2) is 47.2 Å². The van der Waals surface area contributed by atoms with Gasteiger partial charge in [0, 0.05) is 36.6 Å². The molecule has 13 nitrogen and oxygen atoms in total. The van der Waals surface area contributed by atoms with Gasteiger partial charge in [-0.25, -0.2) is 14.6 Å². The standard InChI is InChI=1S/C24H21N7O6/c1-13-2-3-14(20-27-22(37-28-20)15-11-29(12-15)23(33)34)8-17(13)26-21(32)18-10-25-19-9-16(4-5-31(18)19)30-6-7-36-24(30)35/h2-5,8-10,15H,6-7,11-12H2,1H3,(H,26,32)(H,33,34). The van der Waals surface area contributed by atoms with Gasteiger partial charge in [0.1, 0.15) is 17.9 Å². The van der Waals surface area contributed by atoms with Crippen LogP contribution in [0.1, 0.15) is 27.9 Å². The first-order valence-electron chi connectivity index (χ1n) is 11.5. The number of anilines is 2. The molecule has 0 atom stereocenters. The molecule has 2 saturated heterocycles. The zero-order valence-corrected chi connectivity index (χ0v) is 19.6. The van der Waals surface area contributed by atoms with Crippen molar-refractivity contribution in [1.29, 1.82) is 0 Å². The first-order chi connectivity index (χ1) is 17.9. The van der Waals surface area contributed by atoms with Gasteiger partial charge >= 0.3 is 12.2 Å². The Balaban J connectivity index is 1.20. The summed E-state index contributed by atoms with van der Waals surface area (Å²) in [6.07, 6.45) is 1.78. The van der Waals surface area contributed by atoms with Crippen LogP contribution in [0, 0.1) is 6.92 Å². The monoisotopic (exact) mass is 503 g/mol. The van der Waals surface area contributed by atoms with Gasteiger partial charge in [-0.2, -0.15) is 4.98 Å². The fraction of sp³-hybridized carbons (Fsp3) is 0.250. The summed E-state index contributed by atoms with van der Waals surface area (Å²) < 4.78 is 12.0. The minimum absolute atomic E-state index is 0.131. The number of benzene rings is 1. The molecule has 37 heavy (non-hydrogen) atoms. The van der Waals surface area contributed by atoms with E-state index in [1.807, 2.05) is 19.1 Å². The Hall–Kier alpha value is -4.94. The van der Waals surface area contributed by atoms with Crippen molar-refractivity contribution in [2.75, 3.05) is 36.5 Å². The van der Waals surface area contributed by atoms with Crippen molar-refractivity contribution in [1.82, 2.24) is 24.4 Å². The molecule has 0 bridgehead atoms. The average Bonchev–Trinajstić information content (AvgIpc) is 3.58. The van der Waals surface area contributed by atoms with Crippen LogP contribution in [0.3, 0.4) is 0 Å². The maximum Gasteiger partial charge on any atom is 0.414 e. The van der Waals surface area contributed by atoms with Crippen LogP contribution < -0.4 is 10.2 Å². The lowest BCUT2D eigenvalue weighted by atomic mass is 10.0. The Morgan fingerprint density at radius 3 is 2.78 bits per heavy atom. The summed E-state index contributed by atoms with van der Waals surface area (Å²) in [7, 11) is 0. The summed E-state index contributed by atoms with van der Waals surface area (Å²) in [5.74, 6) is 0.236. The number of aryl methyl sites for hydroxylation is 1. The number of amides is 3. The van der Waals surface area contributed by atoms with Crippen LogP contribution in [0.4, 0.5) is 21.0 Å². The van der Waals surface area contributed by atoms with Gasteiger partial charge in [0.2, 0.25) is 11.7 Å². The van der Waals surface area contributed by atoms with E-state index in [9.17, 15) is 14.4 Å². The second kappa shape index (κ2) is 8.62. The Morgan fingerprint density at radius 1 is 1.19 bits per heavy atom. The predicted octanol–water partition coefficient (Wildman–Crippen LogP) is 2.98. The highest BCUT2D eigenvalue weighted by molar-refractivity contribution is 6.04. The maximum absolute atomic E-state index is 13.1. The minimum atomic E-state index is -0.974. The summed E-state index contributed by atoms with van der Waals surface area (Å²) in [5, 5.41) is 16.0. The van der Waals surface area contributed by atoms with Crippen LogP contribution in [0.5, 0.6) is 0 Å². The molecule has 2 aliphatic heterocycles. The van der Waals surface area contributed by atoms with Crippen molar-refractivity contribution >= 4 is 35.1 Å². The molecule has 0 radical (unpaired) electrons. The molecule has 3 aromatic heterocycles. The van der Waals surface area contributed by atoms with E-state index in [0.29, 0.717) is 66.2 Å². The number of cyclic esters (lactones) is 1. The molecule has 13 heteroatoms. The fourth-order valence-electron chi connectivity index (χ4n) is 4.33. The lowest BCUT2D eigenvalue weighted by molar-refractivity contribution is 0.0958. The number of carbonyl (C=O) groups excluding carboxylic acids is 2. The highest BCUT2D eigenvalue weighted by Crippen LogP contribution is 2.29. The Morgan fingerprint density at radius 2 is 2.03 bits per heavy atom. The highest BCUT2D eigenvalue weighted by atomic mass is 16.6. The Labute approximate surface area is 209 Å². The number of pyridine rings is 1. The van der Waals surface area contributed by atoms with E-state index in [1.165, 1.54) is 16.0 Å². The zero-order chi connectivity index (χ0) is 25.7. The van der Waals surface area contributed by atoms with Crippen LogP contribution in [-0.4, -0.2) is 73.9 Å². The largest absolute Gasteiger partial charge is 0.465 e. The van der Waals surface area contributed by atoms with E-state index in [-0.39, 0.29) is 11.8 Å². The van der Waals surface area contributed by atoms with Crippen molar-refractivity contribution in [3.8, 4) is 11.4 Å². The number of hydrogen-bond acceptors (Lipinski definition) is 8. The van der Waals surface area contributed by atoms with Gasteiger partial charge in [-0.15, -0.1) is 0 Å². The van der Waals surface area contributed by atoms with E-state index in [1.54, 1.807) is 28.8 Å². The second-order valence-corrected chi connectivity index (χ2v) is 8.85. The first kappa shape index (κ1) is 22.5. The zero-order valence-electron chi connectivity index (χ0n) is 19.6. The SMILES string of the molecule is Cc1ccc(-c2noc(C3CN(C(=O)O)C3)n2)cc1NC(=O)c1cnc2cc(N3CCOC3=O)ccn12. The maximum atomic E-state index is 13.1. The number of nitrogens with zero attached hydrogens (tertiary/aromatic N) is 6. The van der Waals surface area contributed by atoms with E-state index < -0.39 is 12.2 Å². The van der Waals surface area contributed by atoms with E-state index in [2.05, 4.69) is 20.4 Å². The number of rotatable bonds is 5. The third-order valence-electron chi connectivity index (χ3n) is 6.49. The van der Waals surface area contributed by atoms with Gasteiger partial charge in [-0.3, -0.25) is 14.1 Å². The molecule has 4 aromatic rings. The summed E-state index contributed by atoms with van der Waals surface area (Å²) in [6.45, 7) is 3.29. The van der Waals surface area contributed by atoms with Crippen LogP contribution >= 0.6 is 0 Å².